The SMILES string of the molecule is O=C1CCc2cc(NC(=O)N3CCN(CC4CC4)CC3)c(F)cc2N1. The number of aryl methyl sites for hydroxylation is 1. The lowest BCUT2D eigenvalue weighted by Crippen LogP contribution is -2.50. The van der Waals surface area contributed by atoms with E-state index in [1.54, 1.807) is 11.0 Å². The van der Waals surface area contributed by atoms with E-state index in [1.165, 1.54) is 18.9 Å². The molecule has 0 aromatic heterocycles. The number of rotatable bonds is 3. The summed E-state index contributed by atoms with van der Waals surface area (Å²) < 4.78 is 14.3. The second-order valence-corrected chi connectivity index (χ2v) is 7.20. The molecule has 1 aromatic carbocycles. The van der Waals surface area contributed by atoms with E-state index in [-0.39, 0.29) is 17.6 Å². The third kappa shape index (κ3) is 3.76. The molecule has 2 heterocycles. The molecule has 0 atom stereocenters. The van der Waals surface area contributed by atoms with Crippen LogP contribution < -0.4 is 10.6 Å². The van der Waals surface area contributed by atoms with Crippen molar-refractivity contribution in [3.63, 3.8) is 0 Å². The first kappa shape index (κ1) is 16.3. The highest BCUT2D eigenvalue weighted by Gasteiger charge is 2.28. The van der Waals surface area contributed by atoms with Gasteiger partial charge in [0.15, 0.2) is 0 Å². The van der Waals surface area contributed by atoms with Crippen LogP contribution in [0.1, 0.15) is 24.8 Å². The van der Waals surface area contributed by atoms with Crippen LogP contribution in [0.2, 0.25) is 0 Å². The fraction of sp³-hybridized carbons (Fsp3) is 0.556. The maximum Gasteiger partial charge on any atom is 0.322 e. The number of piperazine rings is 1. The van der Waals surface area contributed by atoms with Gasteiger partial charge in [-0.25, -0.2) is 9.18 Å². The van der Waals surface area contributed by atoms with Crippen LogP contribution in [0.15, 0.2) is 12.1 Å². The number of nitrogens with one attached hydrogen (secondary N) is 2. The summed E-state index contributed by atoms with van der Waals surface area (Å²) >= 11 is 0. The van der Waals surface area contributed by atoms with Gasteiger partial charge in [-0.3, -0.25) is 9.69 Å². The van der Waals surface area contributed by atoms with E-state index in [4.69, 9.17) is 0 Å². The lowest BCUT2D eigenvalue weighted by atomic mass is 10.0. The molecule has 3 aliphatic rings. The van der Waals surface area contributed by atoms with Crippen molar-refractivity contribution in [1.29, 1.82) is 0 Å². The van der Waals surface area contributed by atoms with Gasteiger partial charge in [-0.15, -0.1) is 0 Å². The Kier molecular flexibility index (Phi) is 4.33. The van der Waals surface area contributed by atoms with Crippen molar-refractivity contribution in [2.24, 2.45) is 5.92 Å². The first-order valence-corrected chi connectivity index (χ1v) is 8.99. The summed E-state index contributed by atoms with van der Waals surface area (Å²) in [6.45, 7) is 4.23. The Morgan fingerprint density at radius 2 is 1.96 bits per heavy atom. The molecule has 134 valence electrons. The molecule has 2 aliphatic heterocycles. The highest BCUT2D eigenvalue weighted by Crippen LogP contribution is 2.30. The third-order valence-corrected chi connectivity index (χ3v) is 5.20. The molecule has 1 saturated carbocycles. The van der Waals surface area contributed by atoms with E-state index in [9.17, 15) is 14.0 Å². The summed E-state index contributed by atoms with van der Waals surface area (Å²) in [5, 5.41) is 5.35. The van der Waals surface area contributed by atoms with Crippen LogP contribution >= 0.6 is 0 Å². The molecule has 3 amide bonds. The highest BCUT2D eigenvalue weighted by atomic mass is 19.1. The van der Waals surface area contributed by atoms with Gasteiger partial charge in [0.05, 0.1) is 5.69 Å². The molecule has 6 nitrogen and oxygen atoms in total. The van der Waals surface area contributed by atoms with Gasteiger partial charge in [-0.2, -0.15) is 0 Å². The summed E-state index contributed by atoms with van der Waals surface area (Å²) in [5.41, 5.74) is 1.53. The molecule has 2 fully saturated rings. The van der Waals surface area contributed by atoms with Crippen LogP contribution in [-0.4, -0.2) is 54.5 Å². The minimum Gasteiger partial charge on any atom is -0.326 e. The second kappa shape index (κ2) is 6.63. The molecule has 1 aromatic rings. The smallest absolute Gasteiger partial charge is 0.322 e. The number of urea groups is 1. The van der Waals surface area contributed by atoms with E-state index in [2.05, 4.69) is 15.5 Å². The van der Waals surface area contributed by atoms with E-state index in [0.29, 0.717) is 31.6 Å². The molecule has 7 heteroatoms. The van der Waals surface area contributed by atoms with Gasteiger partial charge in [0.25, 0.3) is 0 Å². The van der Waals surface area contributed by atoms with Gasteiger partial charge in [-0.05, 0) is 42.9 Å². The number of halogens is 1. The van der Waals surface area contributed by atoms with Crippen LogP contribution in [0, 0.1) is 11.7 Å². The fourth-order valence-electron chi connectivity index (χ4n) is 3.49. The van der Waals surface area contributed by atoms with E-state index in [1.807, 2.05) is 0 Å². The van der Waals surface area contributed by atoms with E-state index in [0.717, 1.165) is 31.1 Å². The molecule has 25 heavy (non-hydrogen) atoms. The minimum absolute atomic E-state index is 0.104. The number of carbonyl (C=O) groups is 2. The summed E-state index contributed by atoms with van der Waals surface area (Å²) in [6, 6.07) is 2.66. The number of fused-ring (bicyclic) bond motifs is 1. The predicted molar refractivity (Wildman–Crippen MR) is 93.1 cm³/mol. The van der Waals surface area contributed by atoms with E-state index >= 15 is 0 Å². The topological polar surface area (TPSA) is 64.7 Å². The molecule has 1 saturated heterocycles. The molecule has 0 radical (unpaired) electrons. The molecule has 0 bridgehead atoms. The van der Waals surface area contributed by atoms with Gasteiger partial charge < -0.3 is 15.5 Å². The van der Waals surface area contributed by atoms with Crippen molar-refractivity contribution >= 4 is 23.3 Å². The zero-order valence-corrected chi connectivity index (χ0v) is 14.2. The average molecular weight is 346 g/mol. The predicted octanol–water partition coefficient (Wildman–Crippen LogP) is 2.27. The molecule has 1 aliphatic carbocycles. The van der Waals surface area contributed by atoms with Crippen molar-refractivity contribution < 1.29 is 14.0 Å². The third-order valence-electron chi connectivity index (χ3n) is 5.20. The molecule has 0 spiro atoms. The number of carbonyl (C=O) groups excluding carboxylic acids is 2. The largest absolute Gasteiger partial charge is 0.326 e. The molecule has 0 unspecified atom stereocenters. The van der Waals surface area contributed by atoms with Crippen molar-refractivity contribution in [3.05, 3.63) is 23.5 Å². The number of hydrogen-bond acceptors (Lipinski definition) is 3. The molecule has 4 rings (SSSR count). The first-order chi connectivity index (χ1) is 12.1. The van der Waals surface area contributed by atoms with Crippen molar-refractivity contribution in [2.45, 2.75) is 25.7 Å². The fourth-order valence-corrected chi connectivity index (χ4v) is 3.49. The molecular weight excluding hydrogens is 323 g/mol. The van der Waals surface area contributed by atoms with Crippen LogP contribution in [-0.2, 0) is 11.2 Å². The molecular formula is C18H23FN4O2. The Morgan fingerprint density at radius 3 is 2.68 bits per heavy atom. The Hall–Kier alpha value is -2.15. The minimum atomic E-state index is -0.526. The Balaban J connectivity index is 1.37. The number of nitrogens with zero attached hydrogens (tertiary/aromatic N) is 2. The maximum atomic E-state index is 14.3. The van der Waals surface area contributed by atoms with Gasteiger partial charge in [0, 0.05) is 44.8 Å². The van der Waals surface area contributed by atoms with Crippen LogP contribution in [0.5, 0.6) is 0 Å². The lowest BCUT2D eigenvalue weighted by molar-refractivity contribution is -0.116. The normalized spacial score (nSPS) is 20.8. The quantitative estimate of drug-likeness (QED) is 0.882. The average Bonchev–Trinajstić information content (AvgIpc) is 3.40. The molecule has 2 N–H and O–H groups in total. The summed E-state index contributed by atoms with van der Waals surface area (Å²) in [7, 11) is 0. The number of amides is 3. The van der Waals surface area contributed by atoms with Crippen LogP contribution in [0.4, 0.5) is 20.6 Å². The second-order valence-electron chi connectivity index (χ2n) is 7.20. The number of anilines is 2. The van der Waals surface area contributed by atoms with Crippen molar-refractivity contribution in [1.82, 2.24) is 9.80 Å². The van der Waals surface area contributed by atoms with Crippen LogP contribution in [0.3, 0.4) is 0 Å². The monoisotopic (exact) mass is 346 g/mol. The first-order valence-electron chi connectivity index (χ1n) is 8.99. The van der Waals surface area contributed by atoms with Crippen LogP contribution in [0.25, 0.3) is 0 Å². The highest BCUT2D eigenvalue weighted by molar-refractivity contribution is 5.95. The van der Waals surface area contributed by atoms with Gasteiger partial charge in [0.1, 0.15) is 5.82 Å². The summed E-state index contributed by atoms with van der Waals surface area (Å²) in [6.07, 6.45) is 3.61. The standard InChI is InChI=1S/C18H23FN4O2/c19-14-10-15-13(3-4-17(24)20-15)9-16(14)21-18(25)23-7-5-22(6-8-23)11-12-1-2-12/h9-10,12H,1-8,11H2,(H,20,24)(H,21,25). The Morgan fingerprint density at radius 1 is 1.20 bits per heavy atom. The lowest BCUT2D eigenvalue weighted by Gasteiger charge is -2.34. The summed E-state index contributed by atoms with van der Waals surface area (Å²) in [5.74, 6) is 0.222. The number of hydrogen-bond donors (Lipinski definition) is 2. The van der Waals surface area contributed by atoms with Gasteiger partial charge >= 0.3 is 6.03 Å². The van der Waals surface area contributed by atoms with Gasteiger partial charge in [0.2, 0.25) is 5.91 Å². The summed E-state index contributed by atoms with van der Waals surface area (Å²) in [4.78, 5) is 28.0. The Labute approximate surface area is 146 Å². The van der Waals surface area contributed by atoms with Gasteiger partial charge in [-0.1, -0.05) is 0 Å². The Bertz CT molecular complexity index is 697. The number of benzene rings is 1. The van der Waals surface area contributed by atoms with Crippen molar-refractivity contribution in [2.75, 3.05) is 43.4 Å². The zero-order valence-electron chi connectivity index (χ0n) is 14.2. The van der Waals surface area contributed by atoms with E-state index < -0.39 is 5.82 Å². The van der Waals surface area contributed by atoms with Crippen molar-refractivity contribution in [3.8, 4) is 0 Å². The maximum absolute atomic E-state index is 14.3. The zero-order chi connectivity index (χ0) is 17.4.